The monoisotopic (exact) mass is 447 g/mol. The van der Waals surface area contributed by atoms with Crippen molar-refractivity contribution < 1.29 is 8.42 Å². The van der Waals surface area contributed by atoms with Gasteiger partial charge in [-0.15, -0.1) is 0 Å². The summed E-state index contributed by atoms with van der Waals surface area (Å²) in [6.45, 7) is 7.45. The van der Waals surface area contributed by atoms with Gasteiger partial charge in [0.15, 0.2) is 0 Å². The second-order valence-corrected chi connectivity index (χ2v) is 10.8. The summed E-state index contributed by atoms with van der Waals surface area (Å²) in [7, 11) is -3.42. The highest BCUT2D eigenvalue weighted by molar-refractivity contribution is 7.89. The highest BCUT2D eigenvalue weighted by atomic mass is 32.2. The molecule has 3 nitrogen and oxygen atoms in total. The Balaban J connectivity index is 1.46. The van der Waals surface area contributed by atoms with Crippen LogP contribution in [0.15, 0.2) is 71.6 Å². The first-order chi connectivity index (χ1) is 15.4. The van der Waals surface area contributed by atoms with Gasteiger partial charge < -0.3 is 0 Å². The molecule has 0 N–H and O–H groups in total. The maximum atomic E-state index is 13.1. The summed E-state index contributed by atoms with van der Waals surface area (Å²) in [4.78, 5) is 0.434. The van der Waals surface area contributed by atoms with Crippen molar-refractivity contribution in [2.75, 3.05) is 13.1 Å². The van der Waals surface area contributed by atoms with Crippen LogP contribution in [0.2, 0.25) is 0 Å². The van der Waals surface area contributed by atoms with Crippen LogP contribution >= 0.6 is 0 Å². The van der Waals surface area contributed by atoms with Gasteiger partial charge in [0.2, 0.25) is 10.0 Å². The SMILES string of the molecule is CCCc1cccc(-c2ccc(C3CCN(S(=O)(=O)c4ccccc4C)CC3)cc2)c1C. The molecule has 1 aliphatic rings. The molecule has 0 radical (unpaired) electrons. The molecule has 0 bridgehead atoms. The predicted octanol–water partition coefficient (Wildman–Crippen LogP) is 6.49. The molecular weight excluding hydrogens is 414 g/mol. The van der Waals surface area contributed by atoms with Crippen molar-refractivity contribution in [3.8, 4) is 11.1 Å². The molecule has 3 aromatic carbocycles. The van der Waals surface area contributed by atoms with Crippen molar-refractivity contribution in [2.24, 2.45) is 0 Å². The molecule has 1 heterocycles. The van der Waals surface area contributed by atoms with Gasteiger partial charge in [-0.2, -0.15) is 4.31 Å². The number of benzene rings is 3. The molecule has 32 heavy (non-hydrogen) atoms. The Bertz CT molecular complexity index is 1170. The van der Waals surface area contributed by atoms with Crippen LogP contribution in [-0.4, -0.2) is 25.8 Å². The summed E-state index contributed by atoms with van der Waals surface area (Å²) in [6.07, 6.45) is 3.98. The Morgan fingerprint density at radius 3 is 2.22 bits per heavy atom. The zero-order valence-electron chi connectivity index (χ0n) is 19.3. The topological polar surface area (TPSA) is 37.4 Å². The lowest BCUT2D eigenvalue weighted by atomic mass is 9.88. The lowest BCUT2D eigenvalue weighted by Gasteiger charge is -2.32. The minimum Gasteiger partial charge on any atom is -0.207 e. The third-order valence-corrected chi connectivity index (χ3v) is 8.88. The van der Waals surface area contributed by atoms with Gasteiger partial charge >= 0.3 is 0 Å². The fraction of sp³-hybridized carbons (Fsp3) is 0.357. The predicted molar refractivity (Wildman–Crippen MR) is 133 cm³/mol. The summed E-state index contributed by atoms with van der Waals surface area (Å²) in [6, 6.07) is 22.8. The Kier molecular flexibility index (Phi) is 6.82. The molecule has 4 heteroatoms. The minimum absolute atomic E-state index is 0.403. The third-order valence-electron chi connectivity index (χ3n) is 6.82. The van der Waals surface area contributed by atoms with E-state index in [1.165, 1.54) is 27.8 Å². The van der Waals surface area contributed by atoms with Crippen LogP contribution < -0.4 is 0 Å². The standard InChI is InChI=1S/C28H33NO2S/c1-4-8-23-10-7-11-27(22(23)3)26-15-13-24(14-16-26)25-17-19-29(20-18-25)32(30,31)28-12-6-5-9-21(28)2/h5-7,9-16,25H,4,8,17-20H2,1-3H3. The number of nitrogens with zero attached hydrogens (tertiary/aromatic N) is 1. The van der Waals surface area contributed by atoms with Crippen LogP contribution in [0.4, 0.5) is 0 Å². The molecule has 0 aliphatic carbocycles. The first-order valence-corrected chi connectivity index (χ1v) is 13.1. The van der Waals surface area contributed by atoms with E-state index in [4.69, 9.17) is 0 Å². The average Bonchev–Trinajstić information content (AvgIpc) is 2.81. The molecule has 4 rings (SSSR count). The van der Waals surface area contributed by atoms with Crippen molar-refractivity contribution in [3.63, 3.8) is 0 Å². The third kappa shape index (κ3) is 4.53. The van der Waals surface area contributed by atoms with E-state index in [0.717, 1.165) is 31.2 Å². The van der Waals surface area contributed by atoms with E-state index in [0.29, 0.717) is 23.9 Å². The van der Waals surface area contributed by atoms with Crippen molar-refractivity contribution in [2.45, 2.75) is 57.3 Å². The fourth-order valence-corrected chi connectivity index (χ4v) is 6.58. The van der Waals surface area contributed by atoms with Gasteiger partial charge in [-0.25, -0.2) is 8.42 Å². The smallest absolute Gasteiger partial charge is 0.207 e. The normalized spacial score (nSPS) is 15.7. The van der Waals surface area contributed by atoms with Crippen LogP contribution in [-0.2, 0) is 16.4 Å². The molecule has 168 valence electrons. The highest BCUT2D eigenvalue weighted by Crippen LogP contribution is 2.33. The summed E-state index contributed by atoms with van der Waals surface area (Å²) in [5.74, 6) is 0.403. The molecule has 0 unspecified atom stereocenters. The van der Waals surface area contributed by atoms with E-state index < -0.39 is 10.0 Å². The van der Waals surface area contributed by atoms with E-state index in [2.05, 4.69) is 56.3 Å². The maximum Gasteiger partial charge on any atom is 0.243 e. The van der Waals surface area contributed by atoms with Crippen molar-refractivity contribution in [3.05, 3.63) is 89.0 Å². The number of piperidine rings is 1. The van der Waals surface area contributed by atoms with Crippen molar-refractivity contribution in [1.82, 2.24) is 4.31 Å². The largest absolute Gasteiger partial charge is 0.243 e. The van der Waals surface area contributed by atoms with E-state index in [1.807, 2.05) is 19.1 Å². The van der Waals surface area contributed by atoms with Crippen LogP contribution in [0.25, 0.3) is 11.1 Å². The minimum atomic E-state index is -3.42. The first-order valence-electron chi connectivity index (χ1n) is 11.7. The van der Waals surface area contributed by atoms with Gasteiger partial charge in [0, 0.05) is 13.1 Å². The fourth-order valence-electron chi connectivity index (χ4n) is 4.89. The Labute approximate surface area is 193 Å². The maximum absolute atomic E-state index is 13.1. The molecule has 0 atom stereocenters. The van der Waals surface area contributed by atoms with Crippen LogP contribution in [0.3, 0.4) is 0 Å². The first kappa shape index (κ1) is 22.8. The molecule has 0 spiro atoms. The van der Waals surface area contributed by atoms with Gasteiger partial charge in [-0.3, -0.25) is 0 Å². The van der Waals surface area contributed by atoms with Crippen molar-refractivity contribution >= 4 is 10.0 Å². The molecule has 1 fully saturated rings. The summed E-state index contributed by atoms with van der Waals surface area (Å²) in [5, 5.41) is 0. The van der Waals surface area contributed by atoms with Gasteiger partial charge in [-0.05, 0) is 78.5 Å². The van der Waals surface area contributed by atoms with E-state index >= 15 is 0 Å². The van der Waals surface area contributed by atoms with E-state index in [-0.39, 0.29) is 0 Å². The lowest BCUT2D eigenvalue weighted by molar-refractivity contribution is 0.319. The summed E-state index contributed by atoms with van der Waals surface area (Å²) >= 11 is 0. The van der Waals surface area contributed by atoms with Crippen LogP contribution in [0, 0.1) is 13.8 Å². The van der Waals surface area contributed by atoms with Gasteiger partial charge in [-0.1, -0.05) is 74.0 Å². The molecule has 3 aromatic rings. The zero-order valence-corrected chi connectivity index (χ0v) is 20.2. The number of rotatable bonds is 6. The average molecular weight is 448 g/mol. The van der Waals surface area contributed by atoms with E-state index in [1.54, 1.807) is 16.4 Å². The van der Waals surface area contributed by atoms with Gasteiger partial charge in [0.25, 0.3) is 0 Å². The lowest BCUT2D eigenvalue weighted by Crippen LogP contribution is -2.38. The summed E-state index contributed by atoms with van der Waals surface area (Å²) in [5.41, 5.74) is 7.48. The molecule has 1 aliphatic heterocycles. The van der Waals surface area contributed by atoms with Crippen LogP contribution in [0.1, 0.15) is 54.4 Å². The molecule has 0 saturated carbocycles. The molecule has 0 amide bonds. The Morgan fingerprint density at radius 1 is 0.875 bits per heavy atom. The second-order valence-electron chi connectivity index (χ2n) is 8.91. The molecular formula is C28H33NO2S. The number of aryl methyl sites for hydroxylation is 2. The number of sulfonamides is 1. The van der Waals surface area contributed by atoms with Gasteiger partial charge in [0.05, 0.1) is 4.90 Å². The molecule has 1 saturated heterocycles. The highest BCUT2D eigenvalue weighted by Gasteiger charge is 2.30. The van der Waals surface area contributed by atoms with Crippen LogP contribution in [0.5, 0.6) is 0 Å². The van der Waals surface area contributed by atoms with Gasteiger partial charge in [0.1, 0.15) is 0 Å². The second kappa shape index (κ2) is 9.60. The Hall–Kier alpha value is -2.43. The number of hydrogen-bond acceptors (Lipinski definition) is 2. The number of hydrogen-bond donors (Lipinski definition) is 0. The zero-order chi connectivity index (χ0) is 22.7. The summed E-state index contributed by atoms with van der Waals surface area (Å²) < 4.78 is 27.8. The quantitative estimate of drug-likeness (QED) is 0.433. The van der Waals surface area contributed by atoms with E-state index in [9.17, 15) is 8.42 Å². The molecule has 0 aromatic heterocycles. The Morgan fingerprint density at radius 2 is 1.56 bits per heavy atom. The van der Waals surface area contributed by atoms with Crippen molar-refractivity contribution in [1.29, 1.82) is 0 Å².